The molecule has 11 heavy (non-hydrogen) atoms. The lowest BCUT2D eigenvalue weighted by Crippen LogP contribution is -2.11. The fraction of sp³-hybridized carbons (Fsp3) is 0.714. The van der Waals surface area contributed by atoms with Crippen LogP contribution < -0.4 is 5.73 Å². The van der Waals surface area contributed by atoms with E-state index in [4.69, 9.17) is 5.73 Å². The number of aromatic amines is 1. The van der Waals surface area contributed by atoms with Gasteiger partial charge in [0.15, 0.2) is 0 Å². The SMILES string of the molecule is CCCCC(N)c1ncn[nH]1. The van der Waals surface area contributed by atoms with E-state index >= 15 is 0 Å². The molecule has 4 nitrogen and oxygen atoms in total. The number of hydrogen-bond donors (Lipinski definition) is 2. The molecule has 4 heteroatoms. The molecule has 0 spiro atoms. The maximum absolute atomic E-state index is 5.79. The van der Waals surface area contributed by atoms with Crippen molar-refractivity contribution in [2.24, 2.45) is 5.73 Å². The number of unbranched alkanes of at least 4 members (excludes halogenated alkanes) is 1. The Bertz CT molecular complexity index is 182. The highest BCUT2D eigenvalue weighted by molar-refractivity contribution is 4.88. The van der Waals surface area contributed by atoms with Gasteiger partial charge in [0, 0.05) is 0 Å². The molecule has 1 heterocycles. The summed E-state index contributed by atoms with van der Waals surface area (Å²) in [4.78, 5) is 3.98. The Kier molecular flexibility index (Phi) is 3.04. The van der Waals surface area contributed by atoms with Gasteiger partial charge in [-0.05, 0) is 6.42 Å². The van der Waals surface area contributed by atoms with Crippen molar-refractivity contribution < 1.29 is 0 Å². The van der Waals surface area contributed by atoms with E-state index < -0.39 is 0 Å². The van der Waals surface area contributed by atoms with Crippen molar-refractivity contribution in [3.05, 3.63) is 12.2 Å². The Hall–Kier alpha value is -0.900. The normalized spacial score (nSPS) is 13.3. The van der Waals surface area contributed by atoms with E-state index in [1.807, 2.05) is 0 Å². The predicted molar refractivity (Wildman–Crippen MR) is 42.8 cm³/mol. The van der Waals surface area contributed by atoms with Crippen LogP contribution in [0.15, 0.2) is 6.33 Å². The molecule has 0 aromatic carbocycles. The van der Waals surface area contributed by atoms with E-state index in [9.17, 15) is 0 Å². The molecule has 0 radical (unpaired) electrons. The first-order valence-electron chi connectivity index (χ1n) is 3.95. The highest BCUT2D eigenvalue weighted by Crippen LogP contribution is 2.10. The average molecular weight is 154 g/mol. The van der Waals surface area contributed by atoms with Crippen molar-refractivity contribution in [2.75, 3.05) is 0 Å². The molecule has 1 rings (SSSR count). The topological polar surface area (TPSA) is 67.6 Å². The van der Waals surface area contributed by atoms with Gasteiger partial charge in [-0.3, -0.25) is 5.10 Å². The molecule has 0 aliphatic heterocycles. The minimum absolute atomic E-state index is 0.0254. The highest BCUT2D eigenvalue weighted by Gasteiger charge is 2.06. The number of aromatic nitrogens is 3. The van der Waals surface area contributed by atoms with Crippen LogP contribution in [0, 0.1) is 0 Å². The first kappa shape index (κ1) is 8.20. The standard InChI is InChI=1S/C7H14N4/c1-2-3-4-6(8)7-9-5-10-11-7/h5-6H,2-4,8H2,1H3,(H,9,10,11). The van der Waals surface area contributed by atoms with E-state index in [0.717, 1.165) is 18.7 Å². The molecule has 3 N–H and O–H groups in total. The molecule has 1 aromatic rings. The molecule has 62 valence electrons. The highest BCUT2D eigenvalue weighted by atomic mass is 15.2. The van der Waals surface area contributed by atoms with Crippen LogP contribution in [0.3, 0.4) is 0 Å². The predicted octanol–water partition coefficient (Wildman–Crippen LogP) is 0.995. The van der Waals surface area contributed by atoms with E-state index in [1.54, 1.807) is 0 Å². The Labute approximate surface area is 66.2 Å². The molecule has 0 saturated carbocycles. The Morgan fingerprint density at radius 1 is 1.73 bits per heavy atom. The molecule has 1 aromatic heterocycles. The van der Waals surface area contributed by atoms with Gasteiger partial charge in [-0.2, -0.15) is 5.10 Å². The third kappa shape index (κ3) is 2.31. The second-order valence-electron chi connectivity index (χ2n) is 2.62. The van der Waals surface area contributed by atoms with Crippen molar-refractivity contribution in [2.45, 2.75) is 32.2 Å². The minimum Gasteiger partial charge on any atom is -0.321 e. The molecular formula is C7H14N4. The third-order valence-electron chi connectivity index (χ3n) is 1.65. The Balaban J connectivity index is 2.36. The molecule has 0 bridgehead atoms. The zero-order valence-electron chi connectivity index (χ0n) is 6.75. The van der Waals surface area contributed by atoms with E-state index in [-0.39, 0.29) is 6.04 Å². The minimum atomic E-state index is 0.0254. The van der Waals surface area contributed by atoms with E-state index in [2.05, 4.69) is 22.1 Å². The first-order chi connectivity index (χ1) is 5.34. The van der Waals surface area contributed by atoms with Gasteiger partial charge < -0.3 is 5.73 Å². The second kappa shape index (κ2) is 4.08. The summed E-state index contributed by atoms with van der Waals surface area (Å²) in [5, 5.41) is 6.49. The van der Waals surface area contributed by atoms with Crippen LogP contribution >= 0.6 is 0 Å². The average Bonchev–Trinajstić information content (AvgIpc) is 2.52. The molecule has 1 unspecified atom stereocenters. The maximum atomic E-state index is 5.79. The second-order valence-corrected chi connectivity index (χ2v) is 2.62. The van der Waals surface area contributed by atoms with Gasteiger partial charge in [0.25, 0.3) is 0 Å². The smallest absolute Gasteiger partial charge is 0.141 e. The summed E-state index contributed by atoms with van der Waals surface area (Å²) in [6.07, 6.45) is 4.77. The third-order valence-corrected chi connectivity index (χ3v) is 1.65. The van der Waals surface area contributed by atoms with E-state index in [0.29, 0.717) is 0 Å². The largest absolute Gasteiger partial charge is 0.321 e. The van der Waals surface area contributed by atoms with Gasteiger partial charge in [0.1, 0.15) is 12.2 Å². The molecule has 0 amide bonds. The zero-order chi connectivity index (χ0) is 8.10. The summed E-state index contributed by atoms with van der Waals surface area (Å²) in [5.41, 5.74) is 5.79. The van der Waals surface area contributed by atoms with Crippen LogP contribution in [0.5, 0.6) is 0 Å². The van der Waals surface area contributed by atoms with Crippen LogP contribution in [0.25, 0.3) is 0 Å². The van der Waals surface area contributed by atoms with Crippen LogP contribution in [0.2, 0.25) is 0 Å². The van der Waals surface area contributed by atoms with Gasteiger partial charge in [-0.15, -0.1) is 0 Å². The lowest BCUT2D eigenvalue weighted by atomic mass is 10.1. The van der Waals surface area contributed by atoms with Crippen molar-refractivity contribution >= 4 is 0 Å². The summed E-state index contributed by atoms with van der Waals surface area (Å²) in [7, 11) is 0. The molecule has 0 aliphatic rings. The van der Waals surface area contributed by atoms with Gasteiger partial charge in [-0.25, -0.2) is 4.98 Å². The lowest BCUT2D eigenvalue weighted by Gasteiger charge is -2.05. The van der Waals surface area contributed by atoms with Crippen LogP contribution in [0.1, 0.15) is 38.1 Å². The van der Waals surface area contributed by atoms with Gasteiger partial charge in [0.05, 0.1) is 6.04 Å². The number of H-pyrrole nitrogens is 1. The number of nitrogens with zero attached hydrogens (tertiary/aromatic N) is 2. The maximum Gasteiger partial charge on any atom is 0.141 e. The van der Waals surface area contributed by atoms with Crippen LogP contribution in [-0.2, 0) is 0 Å². The van der Waals surface area contributed by atoms with Crippen molar-refractivity contribution in [1.82, 2.24) is 15.2 Å². The molecular weight excluding hydrogens is 140 g/mol. The number of nitrogens with two attached hydrogens (primary N) is 1. The fourth-order valence-electron chi connectivity index (χ4n) is 0.954. The Morgan fingerprint density at radius 3 is 3.09 bits per heavy atom. The molecule has 0 saturated heterocycles. The summed E-state index contributed by atoms with van der Waals surface area (Å²) < 4.78 is 0. The summed E-state index contributed by atoms with van der Waals surface area (Å²) in [6, 6.07) is 0.0254. The van der Waals surface area contributed by atoms with Gasteiger partial charge in [-0.1, -0.05) is 19.8 Å². The Morgan fingerprint density at radius 2 is 2.55 bits per heavy atom. The van der Waals surface area contributed by atoms with E-state index in [1.165, 1.54) is 12.7 Å². The number of hydrogen-bond acceptors (Lipinski definition) is 3. The van der Waals surface area contributed by atoms with Crippen molar-refractivity contribution in [3.63, 3.8) is 0 Å². The van der Waals surface area contributed by atoms with Crippen molar-refractivity contribution in [3.8, 4) is 0 Å². The fourth-order valence-corrected chi connectivity index (χ4v) is 0.954. The zero-order valence-corrected chi connectivity index (χ0v) is 6.75. The summed E-state index contributed by atoms with van der Waals surface area (Å²) in [5.74, 6) is 0.790. The summed E-state index contributed by atoms with van der Waals surface area (Å²) >= 11 is 0. The lowest BCUT2D eigenvalue weighted by molar-refractivity contribution is 0.577. The van der Waals surface area contributed by atoms with Gasteiger partial charge in [0.2, 0.25) is 0 Å². The number of rotatable bonds is 4. The monoisotopic (exact) mass is 154 g/mol. The quantitative estimate of drug-likeness (QED) is 0.679. The number of nitrogens with one attached hydrogen (secondary N) is 1. The van der Waals surface area contributed by atoms with Gasteiger partial charge >= 0.3 is 0 Å². The van der Waals surface area contributed by atoms with Crippen LogP contribution in [0.4, 0.5) is 0 Å². The molecule has 0 fully saturated rings. The van der Waals surface area contributed by atoms with Crippen LogP contribution in [-0.4, -0.2) is 15.2 Å². The first-order valence-corrected chi connectivity index (χ1v) is 3.95. The summed E-state index contributed by atoms with van der Waals surface area (Å²) in [6.45, 7) is 2.15. The molecule has 0 aliphatic carbocycles. The van der Waals surface area contributed by atoms with Crippen molar-refractivity contribution in [1.29, 1.82) is 0 Å². The molecule has 1 atom stereocenters.